The van der Waals surface area contributed by atoms with E-state index in [4.69, 9.17) is 6.42 Å². The fourth-order valence-corrected chi connectivity index (χ4v) is 2.08. The van der Waals surface area contributed by atoms with E-state index < -0.39 is 11.9 Å². The van der Waals surface area contributed by atoms with Gasteiger partial charge in [0.05, 0.1) is 12.5 Å². The lowest BCUT2D eigenvalue weighted by molar-refractivity contribution is -0.120. The number of aliphatic hydroxyl groups excluding tert-OH is 1. The van der Waals surface area contributed by atoms with Gasteiger partial charge in [0.1, 0.15) is 5.82 Å². The molecule has 0 spiro atoms. The first-order valence-corrected chi connectivity index (χ1v) is 6.78. The zero-order valence-electron chi connectivity index (χ0n) is 12.2. The summed E-state index contributed by atoms with van der Waals surface area (Å²) in [6.45, 7) is 0. The van der Waals surface area contributed by atoms with Crippen molar-refractivity contribution in [2.45, 2.75) is 12.5 Å². The van der Waals surface area contributed by atoms with E-state index in [1.165, 1.54) is 23.1 Å². The highest BCUT2D eigenvalue weighted by atomic mass is 19.1. The molecule has 0 heterocycles. The van der Waals surface area contributed by atoms with E-state index in [-0.39, 0.29) is 12.3 Å². The summed E-state index contributed by atoms with van der Waals surface area (Å²) in [7, 11) is 1.61. The van der Waals surface area contributed by atoms with Crippen molar-refractivity contribution >= 4 is 11.6 Å². The zero-order chi connectivity index (χ0) is 16.1. The quantitative estimate of drug-likeness (QED) is 0.882. The Labute approximate surface area is 129 Å². The second kappa shape index (κ2) is 6.88. The van der Waals surface area contributed by atoms with Crippen molar-refractivity contribution in [2.24, 2.45) is 0 Å². The summed E-state index contributed by atoms with van der Waals surface area (Å²) in [5, 5.41) is 10.1. The summed E-state index contributed by atoms with van der Waals surface area (Å²) < 4.78 is 13.1. The van der Waals surface area contributed by atoms with E-state index in [0.717, 1.165) is 0 Å². The highest BCUT2D eigenvalue weighted by Gasteiger charge is 2.18. The summed E-state index contributed by atoms with van der Waals surface area (Å²) in [4.78, 5) is 13.7. The van der Waals surface area contributed by atoms with Crippen LogP contribution in [0.1, 0.15) is 23.7 Å². The third kappa shape index (κ3) is 3.72. The molecular formula is C18H16FNO2. The second-order valence-corrected chi connectivity index (χ2v) is 4.92. The maximum Gasteiger partial charge on any atom is 0.229 e. The number of anilines is 1. The first kappa shape index (κ1) is 15.7. The van der Waals surface area contributed by atoms with Crippen LogP contribution in [-0.4, -0.2) is 18.1 Å². The lowest BCUT2D eigenvalue weighted by atomic mass is 10.1. The van der Waals surface area contributed by atoms with Gasteiger partial charge in [0.2, 0.25) is 5.91 Å². The molecule has 2 rings (SSSR count). The molecular weight excluding hydrogens is 281 g/mol. The van der Waals surface area contributed by atoms with Gasteiger partial charge in [0.25, 0.3) is 0 Å². The Hall–Kier alpha value is -2.64. The van der Waals surface area contributed by atoms with E-state index in [0.29, 0.717) is 16.8 Å². The van der Waals surface area contributed by atoms with Crippen LogP contribution in [0.3, 0.4) is 0 Å². The standard InChI is InChI=1S/C18H16FNO2/c1-3-13-6-4-9-16(10-13)20(2)18(22)12-17(21)14-7-5-8-15(19)11-14/h1,4-11,17,21H,12H2,2H3. The molecule has 2 aromatic rings. The van der Waals surface area contributed by atoms with Crippen molar-refractivity contribution in [3.63, 3.8) is 0 Å². The maximum absolute atomic E-state index is 13.1. The predicted molar refractivity (Wildman–Crippen MR) is 83.8 cm³/mol. The van der Waals surface area contributed by atoms with Gasteiger partial charge >= 0.3 is 0 Å². The SMILES string of the molecule is C#Cc1cccc(N(C)C(=O)CC(O)c2cccc(F)c2)c1. The molecule has 4 heteroatoms. The van der Waals surface area contributed by atoms with Crippen molar-refractivity contribution in [2.75, 3.05) is 11.9 Å². The highest BCUT2D eigenvalue weighted by molar-refractivity contribution is 5.93. The molecule has 0 saturated carbocycles. The number of carbonyl (C=O) groups is 1. The Morgan fingerprint density at radius 3 is 2.73 bits per heavy atom. The Morgan fingerprint density at radius 1 is 1.32 bits per heavy atom. The van der Waals surface area contributed by atoms with Gasteiger partial charge in [0, 0.05) is 18.3 Å². The molecule has 0 bridgehead atoms. The minimum absolute atomic E-state index is 0.139. The highest BCUT2D eigenvalue weighted by Crippen LogP contribution is 2.21. The van der Waals surface area contributed by atoms with Crippen LogP contribution >= 0.6 is 0 Å². The Balaban J connectivity index is 2.09. The van der Waals surface area contributed by atoms with E-state index >= 15 is 0 Å². The van der Waals surface area contributed by atoms with Crippen LogP contribution in [0.2, 0.25) is 0 Å². The van der Waals surface area contributed by atoms with Crippen molar-refractivity contribution in [1.29, 1.82) is 0 Å². The number of rotatable bonds is 4. The number of nitrogens with zero attached hydrogens (tertiary/aromatic N) is 1. The number of halogens is 1. The van der Waals surface area contributed by atoms with E-state index in [9.17, 15) is 14.3 Å². The number of aliphatic hydroxyl groups is 1. The van der Waals surface area contributed by atoms with E-state index in [2.05, 4.69) is 5.92 Å². The lowest BCUT2D eigenvalue weighted by Gasteiger charge is -2.19. The van der Waals surface area contributed by atoms with Crippen LogP contribution in [0.25, 0.3) is 0 Å². The topological polar surface area (TPSA) is 40.5 Å². The summed E-state index contributed by atoms with van der Waals surface area (Å²) >= 11 is 0. The normalized spacial score (nSPS) is 11.5. The summed E-state index contributed by atoms with van der Waals surface area (Å²) in [5.41, 5.74) is 1.69. The monoisotopic (exact) mass is 297 g/mol. The van der Waals surface area contributed by atoms with Gasteiger partial charge in [-0.25, -0.2) is 4.39 Å². The van der Waals surface area contributed by atoms with Crippen LogP contribution in [0.4, 0.5) is 10.1 Å². The van der Waals surface area contributed by atoms with Gasteiger partial charge in [-0.1, -0.05) is 24.1 Å². The molecule has 1 unspecified atom stereocenters. The summed E-state index contributed by atoms with van der Waals surface area (Å²) in [5.74, 6) is 1.77. The molecule has 1 atom stereocenters. The van der Waals surface area contributed by atoms with E-state index in [1.54, 1.807) is 37.4 Å². The molecule has 0 saturated heterocycles. The number of hydrogen-bond acceptors (Lipinski definition) is 2. The molecule has 0 aliphatic carbocycles. The van der Waals surface area contributed by atoms with Gasteiger partial charge in [-0.2, -0.15) is 0 Å². The van der Waals surface area contributed by atoms with Gasteiger partial charge in [-0.15, -0.1) is 6.42 Å². The first-order valence-electron chi connectivity index (χ1n) is 6.78. The van der Waals surface area contributed by atoms with Crippen molar-refractivity contribution in [1.82, 2.24) is 0 Å². The lowest BCUT2D eigenvalue weighted by Crippen LogP contribution is -2.27. The summed E-state index contributed by atoms with van der Waals surface area (Å²) in [6.07, 6.45) is 4.14. The Kier molecular flexibility index (Phi) is 4.92. The molecule has 0 aliphatic rings. The minimum atomic E-state index is -1.05. The number of amides is 1. The predicted octanol–water partition coefficient (Wildman–Crippen LogP) is 2.89. The van der Waals surface area contributed by atoms with Crippen LogP contribution < -0.4 is 4.90 Å². The van der Waals surface area contributed by atoms with Gasteiger partial charge in [-0.05, 0) is 35.9 Å². The fraction of sp³-hybridized carbons (Fsp3) is 0.167. The van der Waals surface area contributed by atoms with Crippen LogP contribution in [0.15, 0.2) is 48.5 Å². The van der Waals surface area contributed by atoms with Crippen LogP contribution in [0.5, 0.6) is 0 Å². The molecule has 0 aromatic heterocycles. The first-order chi connectivity index (χ1) is 10.5. The average molecular weight is 297 g/mol. The molecule has 1 N–H and O–H groups in total. The van der Waals surface area contributed by atoms with Crippen molar-refractivity contribution in [3.05, 3.63) is 65.5 Å². The van der Waals surface area contributed by atoms with Crippen LogP contribution in [0, 0.1) is 18.2 Å². The van der Waals surface area contributed by atoms with Gasteiger partial charge in [0.15, 0.2) is 0 Å². The zero-order valence-corrected chi connectivity index (χ0v) is 12.2. The molecule has 0 radical (unpaired) electrons. The second-order valence-electron chi connectivity index (χ2n) is 4.92. The molecule has 1 amide bonds. The third-order valence-corrected chi connectivity index (χ3v) is 3.38. The fourth-order valence-electron chi connectivity index (χ4n) is 2.08. The molecule has 2 aromatic carbocycles. The van der Waals surface area contributed by atoms with Gasteiger partial charge in [-0.3, -0.25) is 4.79 Å². The van der Waals surface area contributed by atoms with Crippen molar-refractivity contribution < 1.29 is 14.3 Å². The minimum Gasteiger partial charge on any atom is -0.388 e. The average Bonchev–Trinajstić information content (AvgIpc) is 2.54. The molecule has 0 fully saturated rings. The van der Waals surface area contributed by atoms with Crippen molar-refractivity contribution in [3.8, 4) is 12.3 Å². The number of benzene rings is 2. The molecule has 112 valence electrons. The largest absolute Gasteiger partial charge is 0.388 e. The Morgan fingerprint density at radius 2 is 2.05 bits per heavy atom. The number of carbonyl (C=O) groups excluding carboxylic acids is 1. The Bertz CT molecular complexity index is 721. The van der Waals surface area contributed by atoms with E-state index in [1.807, 2.05) is 0 Å². The number of terminal acetylenes is 1. The number of hydrogen-bond donors (Lipinski definition) is 1. The van der Waals surface area contributed by atoms with Gasteiger partial charge < -0.3 is 10.0 Å². The summed E-state index contributed by atoms with van der Waals surface area (Å²) in [6, 6.07) is 12.6. The van der Waals surface area contributed by atoms with Crippen LogP contribution in [-0.2, 0) is 4.79 Å². The molecule has 3 nitrogen and oxygen atoms in total. The molecule has 0 aliphatic heterocycles. The smallest absolute Gasteiger partial charge is 0.229 e. The third-order valence-electron chi connectivity index (χ3n) is 3.38. The molecule has 22 heavy (non-hydrogen) atoms. The maximum atomic E-state index is 13.1.